The Morgan fingerprint density at radius 2 is 1.69 bits per heavy atom. The molecule has 0 aliphatic heterocycles. The van der Waals surface area contributed by atoms with Gasteiger partial charge in [0.15, 0.2) is 0 Å². The minimum atomic E-state index is -4.22. The maximum atomic E-state index is 11.2. The van der Waals surface area contributed by atoms with Crippen LogP contribution in [-0.4, -0.2) is 19.7 Å². The van der Waals surface area contributed by atoms with Crippen molar-refractivity contribution in [2.45, 2.75) is 4.90 Å². The molecule has 0 aliphatic carbocycles. The summed E-state index contributed by atoms with van der Waals surface area (Å²) in [5.41, 5.74) is 0.586. The largest absolute Gasteiger partial charge is 0.295 e. The first-order chi connectivity index (χ1) is 7.54. The molecule has 16 heavy (non-hydrogen) atoms. The Balaban J connectivity index is 2.95. The third-order valence-electron chi connectivity index (χ3n) is 2.31. The van der Waals surface area contributed by atoms with Crippen LogP contribution >= 0.6 is 0 Å². The number of nitrogens with zero attached hydrogens (tertiary/aromatic N) is 1. The summed E-state index contributed by atoms with van der Waals surface area (Å²) in [4.78, 5) is 3.68. The van der Waals surface area contributed by atoms with Gasteiger partial charge in [0.2, 0.25) is 0 Å². The smallest absolute Gasteiger partial charge is 0.282 e. The van der Waals surface area contributed by atoms with Gasteiger partial charge in [-0.05, 0) is 18.9 Å². The first-order valence-corrected chi connectivity index (χ1v) is 5.94. The average Bonchev–Trinajstić information content (AvgIpc) is 2.26. The number of benzene rings is 2. The van der Waals surface area contributed by atoms with Crippen LogP contribution in [0.2, 0.25) is 0 Å². The van der Waals surface area contributed by atoms with Crippen molar-refractivity contribution in [3.05, 3.63) is 36.4 Å². The minimum absolute atomic E-state index is 0.115. The predicted octanol–water partition coefficient (Wildman–Crippen LogP) is 2.42. The van der Waals surface area contributed by atoms with Crippen LogP contribution in [0.1, 0.15) is 0 Å². The Bertz CT molecular complexity index is 662. The van der Waals surface area contributed by atoms with E-state index in [0.717, 1.165) is 0 Å². The number of hydrogen-bond acceptors (Lipinski definition) is 3. The Kier molecular flexibility index (Phi) is 2.49. The highest BCUT2D eigenvalue weighted by molar-refractivity contribution is 7.86. The second-order valence-corrected chi connectivity index (χ2v) is 4.65. The molecule has 1 N–H and O–H groups in total. The molecule has 2 aromatic rings. The predicted molar refractivity (Wildman–Crippen MR) is 63.0 cm³/mol. The summed E-state index contributed by atoms with van der Waals surface area (Å²) < 4.78 is 31.4. The molecule has 0 spiro atoms. The summed E-state index contributed by atoms with van der Waals surface area (Å²) in [6.07, 6.45) is 0. The van der Waals surface area contributed by atoms with E-state index < -0.39 is 10.1 Å². The third kappa shape index (κ3) is 1.70. The Hall–Kier alpha value is -1.72. The van der Waals surface area contributed by atoms with E-state index in [9.17, 15) is 8.42 Å². The van der Waals surface area contributed by atoms with Crippen molar-refractivity contribution in [1.82, 2.24) is 0 Å². The molecule has 0 saturated heterocycles. The zero-order valence-electron chi connectivity index (χ0n) is 8.29. The first kappa shape index (κ1) is 10.8. The van der Waals surface area contributed by atoms with Crippen molar-refractivity contribution in [2.75, 3.05) is 0 Å². The van der Waals surface area contributed by atoms with E-state index in [1.165, 1.54) is 6.07 Å². The fourth-order valence-electron chi connectivity index (χ4n) is 1.63. The van der Waals surface area contributed by atoms with E-state index in [1.54, 1.807) is 30.3 Å². The van der Waals surface area contributed by atoms with Crippen molar-refractivity contribution in [3.63, 3.8) is 0 Å². The molecule has 2 rings (SSSR count). The van der Waals surface area contributed by atoms with E-state index in [1.807, 2.05) is 0 Å². The molecule has 0 amide bonds. The molecular weight excluding hydrogens is 226 g/mol. The maximum absolute atomic E-state index is 11.2. The van der Waals surface area contributed by atoms with Crippen molar-refractivity contribution >= 4 is 33.3 Å². The Morgan fingerprint density at radius 3 is 2.31 bits per heavy atom. The van der Waals surface area contributed by atoms with Gasteiger partial charge in [0, 0.05) is 10.8 Å². The molecular formula is C11H9NO3S. The monoisotopic (exact) mass is 235 g/mol. The lowest BCUT2D eigenvalue weighted by molar-refractivity contribution is 0.484. The van der Waals surface area contributed by atoms with Crippen molar-refractivity contribution in [3.8, 4) is 0 Å². The molecule has 5 heteroatoms. The van der Waals surface area contributed by atoms with Crippen molar-refractivity contribution < 1.29 is 13.0 Å². The summed E-state index contributed by atoms with van der Waals surface area (Å²) in [7, 11) is -4.22. The summed E-state index contributed by atoms with van der Waals surface area (Å²) in [6, 6.07) is 9.65. The lowest BCUT2D eigenvalue weighted by Crippen LogP contribution is -1.98. The van der Waals surface area contributed by atoms with E-state index in [0.29, 0.717) is 16.5 Å². The van der Waals surface area contributed by atoms with Crippen LogP contribution < -0.4 is 0 Å². The Morgan fingerprint density at radius 1 is 1.06 bits per heavy atom. The fourth-order valence-corrected chi connectivity index (χ4v) is 2.33. The van der Waals surface area contributed by atoms with Crippen LogP contribution in [0, 0.1) is 0 Å². The second kappa shape index (κ2) is 3.70. The van der Waals surface area contributed by atoms with E-state index >= 15 is 0 Å². The molecule has 0 radical (unpaired) electrons. The summed E-state index contributed by atoms with van der Waals surface area (Å²) >= 11 is 0. The molecule has 0 fully saturated rings. The minimum Gasteiger partial charge on any atom is -0.282 e. The average molecular weight is 235 g/mol. The number of rotatable bonds is 2. The van der Waals surface area contributed by atoms with Gasteiger partial charge in [0.05, 0.1) is 5.69 Å². The van der Waals surface area contributed by atoms with Gasteiger partial charge < -0.3 is 0 Å². The van der Waals surface area contributed by atoms with Gasteiger partial charge in [-0.3, -0.25) is 9.55 Å². The van der Waals surface area contributed by atoms with Crippen LogP contribution in [0.4, 0.5) is 5.69 Å². The van der Waals surface area contributed by atoms with Gasteiger partial charge in [-0.2, -0.15) is 8.42 Å². The topological polar surface area (TPSA) is 66.7 Å². The highest BCUT2D eigenvalue weighted by Gasteiger charge is 2.14. The fraction of sp³-hybridized carbons (Fsp3) is 0. The highest BCUT2D eigenvalue weighted by atomic mass is 32.2. The molecule has 82 valence electrons. The van der Waals surface area contributed by atoms with Crippen molar-refractivity contribution in [1.29, 1.82) is 0 Å². The zero-order valence-corrected chi connectivity index (χ0v) is 9.11. The van der Waals surface area contributed by atoms with E-state index in [4.69, 9.17) is 4.55 Å². The van der Waals surface area contributed by atoms with Crippen LogP contribution in [-0.2, 0) is 10.1 Å². The molecule has 0 heterocycles. The van der Waals surface area contributed by atoms with Gasteiger partial charge >= 0.3 is 0 Å². The molecule has 0 aliphatic rings. The number of fused-ring (bicyclic) bond motifs is 1. The summed E-state index contributed by atoms with van der Waals surface area (Å²) in [6.45, 7) is 3.41. The molecule has 0 bridgehead atoms. The molecule has 0 atom stereocenters. The van der Waals surface area contributed by atoms with Crippen LogP contribution in [0.3, 0.4) is 0 Å². The quantitative estimate of drug-likeness (QED) is 0.642. The summed E-state index contributed by atoms with van der Waals surface area (Å²) in [5, 5.41) is 1.09. The van der Waals surface area contributed by atoms with Crippen molar-refractivity contribution in [2.24, 2.45) is 4.99 Å². The molecule has 0 aromatic heterocycles. The molecule has 2 aromatic carbocycles. The van der Waals surface area contributed by atoms with Gasteiger partial charge in [-0.25, -0.2) is 0 Å². The maximum Gasteiger partial charge on any atom is 0.295 e. The zero-order chi connectivity index (χ0) is 11.8. The first-order valence-electron chi connectivity index (χ1n) is 4.50. The van der Waals surface area contributed by atoms with E-state index in [2.05, 4.69) is 11.7 Å². The lowest BCUT2D eigenvalue weighted by atomic mass is 10.1. The lowest BCUT2D eigenvalue weighted by Gasteiger charge is -2.05. The number of hydrogen-bond donors (Lipinski definition) is 1. The molecule has 0 unspecified atom stereocenters. The SMILES string of the molecule is C=Nc1cccc2c(S(=O)(=O)O)cccc12. The second-order valence-electron chi connectivity index (χ2n) is 3.26. The van der Waals surface area contributed by atoms with Gasteiger partial charge in [0.1, 0.15) is 4.90 Å². The Labute approximate surface area is 93.0 Å². The third-order valence-corrected chi connectivity index (χ3v) is 3.22. The molecule has 4 nitrogen and oxygen atoms in total. The van der Waals surface area contributed by atoms with Crippen LogP contribution in [0.25, 0.3) is 10.8 Å². The standard InChI is InChI=1S/C11H9NO3S/c1-12-10-6-2-5-9-8(10)4-3-7-11(9)16(13,14)15/h2-7H,1H2,(H,13,14,15). The van der Waals surface area contributed by atoms with E-state index in [-0.39, 0.29) is 4.90 Å². The highest BCUT2D eigenvalue weighted by Crippen LogP contribution is 2.29. The van der Waals surface area contributed by atoms with Crippen LogP contribution in [0.15, 0.2) is 46.3 Å². The normalized spacial score (nSPS) is 11.6. The van der Waals surface area contributed by atoms with Crippen LogP contribution in [0.5, 0.6) is 0 Å². The van der Waals surface area contributed by atoms with Gasteiger partial charge in [-0.15, -0.1) is 0 Å². The summed E-state index contributed by atoms with van der Waals surface area (Å²) in [5.74, 6) is 0. The molecule has 0 saturated carbocycles. The number of aliphatic imine (C=N–C) groups is 1. The van der Waals surface area contributed by atoms with Gasteiger partial charge in [0.25, 0.3) is 10.1 Å². The van der Waals surface area contributed by atoms with Gasteiger partial charge in [-0.1, -0.05) is 24.3 Å².